The summed E-state index contributed by atoms with van der Waals surface area (Å²) in [6, 6.07) is 9.48. The summed E-state index contributed by atoms with van der Waals surface area (Å²) in [5, 5.41) is 10.2. The fourth-order valence-corrected chi connectivity index (χ4v) is 1.76. The maximum absolute atomic E-state index is 12.0. The zero-order chi connectivity index (χ0) is 13.7. The van der Waals surface area contributed by atoms with E-state index in [9.17, 15) is 4.79 Å². The fraction of sp³-hybridized carbons (Fsp3) is 0.286. The van der Waals surface area contributed by atoms with Crippen LogP contribution in [0.25, 0.3) is 0 Å². The zero-order valence-corrected chi connectivity index (χ0v) is 11.2. The Kier molecular flexibility index (Phi) is 4.30. The summed E-state index contributed by atoms with van der Waals surface area (Å²) in [4.78, 5) is 12.0. The highest BCUT2D eigenvalue weighted by Gasteiger charge is 2.08. The third kappa shape index (κ3) is 3.66. The molecule has 0 spiro atoms. The molecular weight excluding hydrogens is 240 g/mol. The largest absolute Gasteiger partial charge is 0.321 e. The summed E-state index contributed by atoms with van der Waals surface area (Å²) < 4.78 is 1.61. The van der Waals surface area contributed by atoms with Gasteiger partial charge in [-0.05, 0) is 30.3 Å². The van der Waals surface area contributed by atoms with E-state index in [0.29, 0.717) is 5.69 Å². The molecule has 1 heterocycles. The number of nitrogens with one attached hydrogen (secondary N) is 2. The SMILES string of the molecule is CCNCc1cccc(NC(=O)c2ccn(C)n2)c1. The van der Waals surface area contributed by atoms with Gasteiger partial charge >= 0.3 is 0 Å². The van der Waals surface area contributed by atoms with Crippen LogP contribution >= 0.6 is 0 Å². The van der Waals surface area contributed by atoms with E-state index < -0.39 is 0 Å². The molecule has 5 nitrogen and oxygen atoms in total. The van der Waals surface area contributed by atoms with Crippen molar-refractivity contribution in [2.45, 2.75) is 13.5 Å². The van der Waals surface area contributed by atoms with Crippen molar-refractivity contribution in [3.05, 3.63) is 47.8 Å². The molecule has 100 valence electrons. The van der Waals surface area contributed by atoms with E-state index in [1.165, 1.54) is 0 Å². The predicted molar refractivity (Wildman–Crippen MR) is 75.0 cm³/mol. The minimum absolute atomic E-state index is 0.193. The maximum Gasteiger partial charge on any atom is 0.276 e. The number of benzene rings is 1. The van der Waals surface area contributed by atoms with Gasteiger partial charge in [-0.1, -0.05) is 19.1 Å². The van der Waals surface area contributed by atoms with Crippen molar-refractivity contribution in [1.29, 1.82) is 0 Å². The lowest BCUT2D eigenvalue weighted by atomic mass is 10.2. The van der Waals surface area contributed by atoms with E-state index in [1.54, 1.807) is 24.0 Å². The maximum atomic E-state index is 12.0. The number of hydrogen-bond donors (Lipinski definition) is 2. The number of aryl methyl sites for hydroxylation is 1. The molecule has 0 fully saturated rings. The minimum Gasteiger partial charge on any atom is -0.321 e. The molecule has 0 aliphatic carbocycles. The first-order valence-electron chi connectivity index (χ1n) is 6.29. The summed E-state index contributed by atoms with van der Waals surface area (Å²) in [7, 11) is 1.79. The van der Waals surface area contributed by atoms with Crippen molar-refractivity contribution in [2.24, 2.45) is 7.05 Å². The lowest BCUT2D eigenvalue weighted by Gasteiger charge is -2.06. The van der Waals surface area contributed by atoms with Crippen molar-refractivity contribution in [1.82, 2.24) is 15.1 Å². The Morgan fingerprint density at radius 2 is 2.21 bits per heavy atom. The molecule has 19 heavy (non-hydrogen) atoms. The van der Waals surface area contributed by atoms with Crippen molar-refractivity contribution in [2.75, 3.05) is 11.9 Å². The van der Waals surface area contributed by atoms with Crippen LogP contribution in [0.1, 0.15) is 23.0 Å². The first-order valence-corrected chi connectivity index (χ1v) is 6.29. The topological polar surface area (TPSA) is 58.9 Å². The number of rotatable bonds is 5. The highest BCUT2D eigenvalue weighted by atomic mass is 16.1. The second kappa shape index (κ2) is 6.15. The van der Waals surface area contributed by atoms with Gasteiger partial charge in [0.05, 0.1) is 0 Å². The molecule has 0 unspecified atom stereocenters. The molecule has 0 radical (unpaired) electrons. The van der Waals surface area contributed by atoms with Crippen LogP contribution in [0.4, 0.5) is 5.69 Å². The number of aromatic nitrogens is 2. The summed E-state index contributed by atoms with van der Waals surface area (Å²) in [5.74, 6) is -0.193. The van der Waals surface area contributed by atoms with E-state index in [2.05, 4.69) is 22.7 Å². The lowest BCUT2D eigenvalue weighted by molar-refractivity contribution is 0.102. The Bertz CT molecular complexity index is 562. The van der Waals surface area contributed by atoms with Crippen LogP contribution in [0.3, 0.4) is 0 Å². The molecule has 0 bridgehead atoms. The third-order valence-corrected chi connectivity index (χ3v) is 2.71. The number of carbonyl (C=O) groups is 1. The summed E-state index contributed by atoms with van der Waals surface area (Å²) in [5.41, 5.74) is 2.34. The van der Waals surface area contributed by atoms with Gasteiger partial charge < -0.3 is 10.6 Å². The molecule has 0 atom stereocenters. The molecular formula is C14H18N4O. The zero-order valence-electron chi connectivity index (χ0n) is 11.2. The van der Waals surface area contributed by atoms with Crippen LogP contribution in [0.15, 0.2) is 36.5 Å². The van der Waals surface area contributed by atoms with Gasteiger partial charge in [-0.3, -0.25) is 9.48 Å². The fourth-order valence-electron chi connectivity index (χ4n) is 1.76. The average Bonchev–Trinajstić information content (AvgIpc) is 2.83. The molecule has 5 heteroatoms. The van der Waals surface area contributed by atoms with Crippen molar-refractivity contribution < 1.29 is 4.79 Å². The van der Waals surface area contributed by atoms with E-state index in [-0.39, 0.29) is 5.91 Å². The number of carbonyl (C=O) groups excluding carboxylic acids is 1. The monoisotopic (exact) mass is 258 g/mol. The molecule has 2 N–H and O–H groups in total. The van der Waals surface area contributed by atoms with Crippen molar-refractivity contribution in [3.8, 4) is 0 Å². The van der Waals surface area contributed by atoms with Crippen LogP contribution in [0.5, 0.6) is 0 Å². The molecule has 2 aromatic rings. The molecule has 2 rings (SSSR count). The van der Waals surface area contributed by atoms with Gasteiger partial charge in [0.15, 0.2) is 5.69 Å². The number of nitrogens with zero attached hydrogens (tertiary/aromatic N) is 2. The summed E-state index contributed by atoms with van der Waals surface area (Å²) in [6.07, 6.45) is 1.75. The van der Waals surface area contributed by atoms with Gasteiger partial charge in [0.1, 0.15) is 0 Å². The normalized spacial score (nSPS) is 10.4. The van der Waals surface area contributed by atoms with Crippen molar-refractivity contribution in [3.63, 3.8) is 0 Å². The Balaban J connectivity index is 2.04. The first-order chi connectivity index (χ1) is 9.19. The van der Waals surface area contributed by atoms with E-state index in [0.717, 1.165) is 24.3 Å². The number of hydrogen-bond acceptors (Lipinski definition) is 3. The summed E-state index contributed by atoms with van der Waals surface area (Å²) in [6.45, 7) is 3.78. The van der Waals surface area contributed by atoms with Crippen LogP contribution in [0, 0.1) is 0 Å². The molecule has 0 aliphatic heterocycles. The lowest BCUT2D eigenvalue weighted by Crippen LogP contribution is -2.14. The van der Waals surface area contributed by atoms with Crippen LogP contribution < -0.4 is 10.6 Å². The second-order valence-electron chi connectivity index (χ2n) is 4.31. The number of amides is 1. The van der Waals surface area contributed by atoms with Crippen molar-refractivity contribution >= 4 is 11.6 Å². The van der Waals surface area contributed by atoms with Gasteiger partial charge in [0, 0.05) is 25.5 Å². The first kappa shape index (κ1) is 13.3. The standard InChI is InChI=1S/C14H18N4O/c1-3-15-10-11-5-4-6-12(9-11)16-14(19)13-7-8-18(2)17-13/h4-9,15H,3,10H2,1-2H3,(H,16,19). The molecule has 0 saturated heterocycles. The second-order valence-corrected chi connectivity index (χ2v) is 4.31. The van der Waals surface area contributed by atoms with Crippen LogP contribution in [-0.2, 0) is 13.6 Å². The quantitative estimate of drug-likeness (QED) is 0.859. The van der Waals surface area contributed by atoms with E-state index in [4.69, 9.17) is 0 Å². The van der Waals surface area contributed by atoms with Gasteiger partial charge in [0.2, 0.25) is 0 Å². The number of anilines is 1. The van der Waals surface area contributed by atoms with Gasteiger partial charge in [0.25, 0.3) is 5.91 Å². The molecule has 0 saturated carbocycles. The third-order valence-electron chi connectivity index (χ3n) is 2.71. The van der Waals surface area contributed by atoms with Gasteiger partial charge in [-0.15, -0.1) is 0 Å². The van der Waals surface area contributed by atoms with Gasteiger partial charge in [-0.2, -0.15) is 5.10 Å². The molecule has 1 amide bonds. The Hall–Kier alpha value is -2.14. The highest BCUT2D eigenvalue weighted by Crippen LogP contribution is 2.11. The minimum atomic E-state index is -0.193. The van der Waals surface area contributed by atoms with Crippen LogP contribution in [-0.4, -0.2) is 22.2 Å². The molecule has 1 aromatic carbocycles. The highest BCUT2D eigenvalue weighted by molar-refractivity contribution is 6.02. The van der Waals surface area contributed by atoms with E-state index >= 15 is 0 Å². The average molecular weight is 258 g/mol. The molecule has 1 aromatic heterocycles. The van der Waals surface area contributed by atoms with Crippen LogP contribution in [0.2, 0.25) is 0 Å². The summed E-state index contributed by atoms with van der Waals surface area (Å²) >= 11 is 0. The Morgan fingerprint density at radius 3 is 2.89 bits per heavy atom. The molecule has 0 aliphatic rings. The smallest absolute Gasteiger partial charge is 0.276 e. The Labute approximate surface area is 112 Å². The van der Waals surface area contributed by atoms with Gasteiger partial charge in [-0.25, -0.2) is 0 Å². The predicted octanol–water partition coefficient (Wildman–Crippen LogP) is 1.78. The Morgan fingerprint density at radius 1 is 1.37 bits per heavy atom. The van der Waals surface area contributed by atoms with E-state index in [1.807, 2.05) is 24.3 Å².